The van der Waals surface area contributed by atoms with Crippen LogP contribution in [-0.4, -0.2) is 3.69 Å². The van der Waals surface area contributed by atoms with Crippen LogP contribution in [0.25, 0.3) is 0 Å². The molecule has 0 atom stereocenters. The molecular weight excluding hydrogens is 224 g/mol. The first-order valence-corrected chi connectivity index (χ1v) is 9.02. The van der Waals surface area contributed by atoms with Crippen molar-refractivity contribution in [2.45, 2.75) is 0 Å². The van der Waals surface area contributed by atoms with Gasteiger partial charge >= 0.3 is 44.1 Å². The summed E-state index contributed by atoms with van der Waals surface area (Å²) >= 11 is 4.11. The van der Waals surface area contributed by atoms with Gasteiger partial charge in [0.25, 0.3) is 0 Å². The first kappa shape index (κ1) is 5.63. The molecule has 0 aromatic carbocycles. The second-order valence-electron chi connectivity index (χ2n) is 0.240. The monoisotopic (exact) mass is 223 g/mol. The van der Waals surface area contributed by atoms with Gasteiger partial charge in [0.15, 0.2) is 0 Å². The fourth-order valence-electron chi connectivity index (χ4n) is 0. The molecular formula is HBr2OTi. The van der Waals surface area contributed by atoms with Crippen LogP contribution < -0.4 is 0 Å². The van der Waals surface area contributed by atoms with Crippen molar-refractivity contribution in [1.82, 2.24) is 0 Å². The van der Waals surface area contributed by atoms with Crippen LogP contribution in [0.3, 0.4) is 0 Å². The summed E-state index contributed by atoms with van der Waals surface area (Å²) in [6.45, 7) is 0. The van der Waals surface area contributed by atoms with Gasteiger partial charge in [-0.2, -0.15) is 0 Å². The van der Waals surface area contributed by atoms with E-state index in [4.69, 9.17) is 3.69 Å². The van der Waals surface area contributed by atoms with Crippen molar-refractivity contribution in [2.75, 3.05) is 0 Å². The van der Waals surface area contributed by atoms with E-state index >= 15 is 0 Å². The van der Waals surface area contributed by atoms with Crippen LogP contribution in [0.15, 0.2) is 0 Å². The van der Waals surface area contributed by atoms with Crippen LogP contribution >= 0.6 is 26.3 Å². The summed E-state index contributed by atoms with van der Waals surface area (Å²) < 4.78 is 8.06. The summed E-state index contributed by atoms with van der Waals surface area (Å²) in [5.41, 5.74) is 0. The van der Waals surface area contributed by atoms with Crippen LogP contribution in [0.1, 0.15) is 0 Å². The van der Waals surface area contributed by atoms with E-state index in [-0.39, 0.29) is 0 Å². The van der Waals surface area contributed by atoms with E-state index in [1.165, 1.54) is 0 Å². The molecule has 0 aromatic heterocycles. The Morgan fingerprint density at radius 2 is 1.50 bits per heavy atom. The average molecular weight is 225 g/mol. The van der Waals surface area contributed by atoms with E-state index in [0.717, 1.165) is 0 Å². The van der Waals surface area contributed by atoms with Gasteiger partial charge in [-0.15, -0.1) is 0 Å². The van der Waals surface area contributed by atoms with Gasteiger partial charge in [-0.3, -0.25) is 0 Å². The normalized spacial score (nSPS) is 6.75. The van der Waals surface area contributed by atoms with Crippen molar-refractivity contribution in [1.29, 1.82) is 0 Å². The van der Waals surface area contributed by atoms with Gasteiger partial charge in [-0.05, 0) is 0 Å². The van der Waals surface area contributed by atoms with Crippen molar-refractivity contribution in [3.63, 3.8) is 0 Å². The van der Waals surface area contributed by atoms with E-state index < -0.39 is 14.1 Å². The molecule has 1 N–H and O–H groups in total. The van der Waals surface area contributed by atoms with Crippen molar-refractivity contribution >= 4 is 26.3 Å². The molecule has 1 nitrogen and oxygen atoms in total. The molecule has 0 spiro atoms. The molecule has 0 saturated carbocycles. The molecule has 25 valence electrons. The predicted molar refractivity (Wildman–Crippen MR) is 20.1 cm³/mol. The zero-order valence-corrected chi connectivity index (χ0v) is 6.44. The Balaban J connectivity index is 2.32. The molecule has 0 aromatic rings. The summed E-state index contributed by atoms with van der Waals surface area (Å²) in [5.74, 6) is 0. The molecule has 0 aliphatic rings. The number of hydrogen-bond donors (Lipinski definition) is 1. The Labute approximate surface area is 43.8 Å². The second-order valence-corrected chi connectivity index (χ2v) is 11.6. The molecule has 0 bridgehead atoms. The first-order valence-electron chi connectivity index (χ1n) is 0.602. The molecule has 0 rings (SSSR count). The fourth-order valence-corrected chi connectivity index (χ4v) is 0. The number of rotatable bonds is 0. The van der Waals surface area contributed by atoms with Gasteiger partial charge < -0.3 is 0 Å². The minimum atomic E-state index is -1.71. The third-order valence-electron chi connectivity index (χ3n) is 0. The van der Waals surface area contributed by atoms with Gasteiger partial charge in [0.2, 0.25) is 0 Å². The zero-order chi connectivity index (χ0) is 3.58. The van der Waals surface area contributed by atoms with E-state index in [1.807, 2.05) is 0 Å². The topological polar surface area (TPSA) is 20.2 Å². The Morgan fingerprint density at radius 1 is 1.50 bits per heavy atom. The Hall–Kier alpha value is 1.63. The van der Waals surface area contributed by atoms with Gasteiger partial charge in [0.05, 0.1) is 0 Å². The molecule has 0 heterocycles. The van der Waals surface area contributed by atoms with Crippen LogP contribution in [0.5, 0.6) is 0 Å². The molecule has 4 heavy (non-hydrogen) atoms. The predicted octanol–water partition coefficient (Wildman–Crippen LogP) is 1.13. The van der Waals surface area contributed by atoms with Crippen LogP contribution in [0, 0.1) is 0 Å². The van der Waals surface area contributed by atoms with Gasteiger partial charge in [-0.1, -0.05) is 0 Å². The molecule has 0 fully saturated rings. The van der Waals surface area contributed by atoms with Gasteiger partial charge in [-0.25, -0.2) is 0 Å². The van der Waals surface area contributed by atoms with E-state index in [2.05, 4.69) is 26.3 Å². The van der Waals surface area contributed by atoms with Gasteiger partial charge in [0, 0.05) is 0 Å². The third kappa shape index (κ3) is 9.44. The first-order chi connectivity index (χ1) is 1.73. The second kappa shape index (κ2) is 2.85. The summed E-state index contributed by atoms with van der Waals surface area (Å²) in [7, 11) is 0. The summed E-state index contributed by atoms with van der Waals surface area (Å²) in [6, 6.07) is 0. The van der Waals surface area contributed by atoms with E-state index in [9.17, 15) is 0 Å². The van der Waals surface area contributed by atoms with Crippen LogP contribution in [0.2, 0.25) is 0 Å². The van der Waals surface area contributed by atoms with Crippen molar-refractivity contribution in [3.8, 4) is 0 Å². The summed E-state index contributed by atoms with van der Waals surface area (Å²) in [5, 5.41) is 0. The Kier molecular flexibility index (Phi) is 4.01. The maximum absolute atomic E-state index is 8.06. The molecule has 4 heteroatoms. The molecule has 0 aliphatic heterocycles. The van der Waals surface area contributed by atoms with Crippen LogP contribution in [-0.2, 0) is 14.1 Å². The van der Waals surface area contributed by atoms with Crippen molar-refractivity contribution in [3.05, 3.63) is 0 Å². The zero-order valence-electron chi connectivity index (χ0n) is 1.70. The summed E-state index contributed by atoms with van der Waals surface area (Å²) in [4.78, 5) is 0. The Bertz CT molecular complexity index is 10.8. The number of halogens is 2. The standard InChI is InChI=1S/2BrH.H2O.Ti/h2*1H;1H2;/q;;;+3/p-3. The molecule has 0 saturated heterocycles. The molecule has 0 amide bonds. The van der Waals surface area contributed by atoms with Crippen LogP contribution in [0.4, 0.5) is 0 Å². The Morgan fingerprint density at radius 3 is 1.50 bits per heavy atom. The van der Waals surface area contributed by atoms with Gasteiger partial charge in [0.1, 0.15) is 0 Å². The fraction of sp³-hybridized carbons (Fsp3) is 0. The van der Waals surface area contributed by atoms with E-state index in [0.29, 0.717) is 0 Å². The maximum atomic E-state index is 8.06. The quantitative estimate of drug-likeness (QED) is 0.612. The molecule has 0 unspecified atom stereocenters. The average Bonchev–Trinajstić information content (AvgIpc) is 0.811. The molecule has 0 radical (unpaired) electrons. The van der Waals surface area contributed by atoms with E-state index in [1.54, 1.807) is 0 Å². The minimum absolute atomic E-state index is 1.71. The summed E-state index contributed by atoms with van der Waals surface area (Å²) in [6.07, 6.45) is 0. The van der Waals surface area contributed by atoms with Crippen molar-refractivity contribution in [2.24, 2.45) is 0 Å². The SMILES string of the molecule is [OH][Ti]([Br])[Br]. The van der Waals surface area contributed by atoms with Crippen molar-refractivity contribution < 1.29 is 17.8 Å². The third-order valence-corrected chi connectivity index (χ3v) is 0. The number of hydrogen-bond acceptors (Lipinski definition) is 1. The molecule has 0 aliphatic carbocycles.